The lowest BCUT2D eigenvalue weighted by atomic mass is 10.2. The number of rotatable bonds is 7. The number of H-pyrrole nitrogens is 1. The predicted molar refractivity (Wildman–Crippen MR) is 133 cm³/mol. The Balaban J connectivity index is 0.00000320. The Morgan fingerprint density at radius 3 is 2.80 bits per heavy atom. The summed E-state index contributed by atoms with van der Waals surface area (Å²) in [6, 6.07) is 10.2. The van der Waals surface area contributed by atoms with Gasteiger partial charge in [0, 0.05) is 17.8 Å². The smallest absolute Gasteiger partial charge is 0.350 e. The summed E-state index contributed by atoms with van der Waals surface area (Å²) in [5.41, 5.74) is 2.84. The molecule has 9 heteroatoms. The Morgan fingerprint density at radius 1 is 1.33 bits per heavy atom. The van der Waals surface area contributed by atoms with E-state index >= 15 is 0 Å². The van der Waals surface area contributed by atoms with Gasteiger partial charge in [-0.05, 0) is 45.2 Å². The molecule has 30 heavy (non-hydrogen) atoms. The molecule has 3 N–H and O–H groups in total. The average molecular weight is 541 g/mol. The van der Waals surface area contributed by atoms with E-state index in [2.05, 4.69) is 43.8 Å². The molecule has 1 atom stereocenters. The summed E-state index contributed by atoms with van der Waals surface area (Å²) >= 11 is 1.36. The predicted octanol–water partition coefficient (Wildman–Crippen LogP) is 4.54. The molecule has 3 rings (SSSR count). The number of fused-ring (bicyclic) bond motifs is 1. The number of para-hydroxylation sites is 1. The van der Waals surface area contributed by atoms with E-state index in [4.69, 9.17) is 4.74 Å². The van der Waals surface area contributed by atoms with E-state index in [1.165, 1.54) is 16.7 Å². The summed E-state index contributed by atoms with van der Waals surface area (Å²) in [4.78, 5) is 25.2. The number of ether oxygens (including phenoxy) is 1. The van der Waals surface area contributed by atoms with Gasteiger partial charge in [0.1, 0.15) is 9.88 Å². The van der Waals surface area contributed by atoms with E-state index in [0.29, 0.717) is 29.7 Å². The number of benzene rings is 1. The van der Waals surface area contributed by atoms with Crippen LogP contribution in [0.4, 0.5) is 0 Å². The molecule has 0 aliphatic rings. The van der Waals surface area contributed by atoms with E-state index in [-0.39, 0.29) is 36.0 Å². The molecule has 162 valence electrons. The molecule has 1 unspecified atom stereocenters. The molecule has 2 heterocycles. The number of hydrogen-bond donors (Lipinski definition) is 3. The number of esters is 1. The summed E-state index contributed by atoms with van der Waals surface area (Å²) in [6.07, 6.45) is 0. The van der Waals surface area contributed by atoms with Gasteiger partial charge in [-0.3, -0.25) is 0 Å². The van der Waals surface area contributed by atoms with Gasteiger partial charge in [-0.1, -0.05) is 18.2 Å². The SMILES string of the molecule is CCNC(=NCc1cc2ccccc2[nH]1)NC(C)c1nc(C)c(C(=O)OCC)s1.I. The van der Waals surface area contributed by atoms with E-state index in [0.717, 1.165) is 22.8 Å². The third-order valence-electron chi connectivity index (χ3n) is 4.34. The third-order valence-corrected chi connectivity index (χ3v) is 5.66. The molecule has 0 fully saturated rings. The van der Waals surface area contributed by atoms with Gasteiger partial charge in [-0.15, -0.1) is 35.3 Å². The molecule has 0 saturated carbocycles. The molecule has 2 aromatic heterocycles. The van der Waals surface area contributed by atoms with Gasteiger partial charge in [0.05, 0.1) is 24.9 Å². The van der Waals surface area contributed by atoms with Gasteiger partial charge in [0.2, 0.25) is 0 Å². The van der Waals surface area contributed by atoms with E-state index in [1.807, 2.05) is 32.9 Å². The van der Waals surface area contributed by atoms with Crippen LogP contribution in [0.25, 0.3) is 10.9 Å². The first kappa shape index (κ1) is 24.1. The van der Waals surface area contributed by atoms with Crippen LogP contribution in [0.3, 0.4) is 0 Å². The Labute approximate surface area is 197 Å². The quantitative estimate of drug-likeness (QED) is 0.177. The van der Waals surface area contributed by atoms with Crippen molar-refractivity contribution in [2.75, 3.05) is 13.2 Å². The second-order valence-electron chi connectivity index (χ2n) is 6.63. The molecule has 0 bridgehead atoms. The van der Waals surface area contributed by atoms with Crippen LogP contribution in [0.2, 0.25) is 0 Å². The molecule has 7 nitrogen and oxygen atoms in total. The maximum absolute atomic E-state index is 12.0. The molecule has 1 aromatic carbocycles. The Kier molecular flexibility index (Phi) is 9.09. The standard InChI is InChI=1S/C21H27N5O2S.HI/c1-5-22-21(23-12-16-11-15-9-7-8-10-17(15)26-16)25-14(4)19-24-13(3)18(29-19)20(27)28-6-2;/h7-11,14,26H,5-6,12H2,1-4H3,(H2,22,23,25);1H. The topological polar surface area (TPSA) is 91.4 Å². The second kappa shape index (κ2) is 11.3. The molecule has 0 saturated heterocycles. The first-order valence-electron chi connectivity index (χ1n) is 9.77. The first-order chi connectivity index (χ1) is 14.0. The fourth-order valence-electron chi connectivity index (χ4n) is 2.96. The lowest BCUT2D eigenvalue weighted by molar-refractivity contribution is 0.0531. The van der Waals surface area contributed by atoms with Crippen molar-refractivity contribution in [3.63, 3.8) is 0 Å². The number of aromatic amines is 1. The Bertz CT molecular complexity index is 981. The molecule has 3 aromatic rings. The molecule has 0 aliphatic heterocycles. The summed E-state index contributed by atoms with van der Waals surface area (Å²) in [6.45, 7) is 9.28. The average Bonchev–Trinajstić information content (AvgIpc) is 3.29. The van der Waals surface area contributed by atoms with Crippen LogP contribution >= 0.6 is 35.3 Å². The number of halogens is 1. The summed E-state index contributed by atoms with van der Waals surface area (Å²) < 4.78 is 5.11. The van der Waals surface area contributed by atoms with Crippen molar-refractivity contribution in [1.29, 1.82) is 0 Å². The van der Waals surface area contributed by atoms with E-state index in [1.54, 1.807) is 6.92 Å². The van der Waals surface area contributed by atoms with Crippen molar-refractivity contribution >= 4 is 58.1 Å². The van der Waals surface area contributed by atoms with Crippen molar-refractivity contribution in [1.82, 2.24) is 20.6 Å². The lowest BCUT2D eigenvalue weighted by Crippen LogP contribution is -2.38. The number of thiazole rings is 1. The van der Waals surface area contributed by atoms with Gasteiger partial charge in [-0.25, -0.2) is 14.8 Å². The summed E-state index contributed by atoms with van der Waals surface area (Å²) in [5.74, 6) is 0.379. The highest BCUT2D eigenvalue weighted by molar-refractivity contribution is 14.0. The number of aliphatic imine (C=N–C) groups is 1. The zero-order valence-electron chi connectivity index (χ0n) is 17.6. The first-order valence-corrected chi connectivity index (χ1v) is 10.6. The molecular weight excluding hydrogens is 513 g/mol. The lowest BCUT2D eigenvalue weighted by Gasteiger charge is -2.15. The van der Waals surface area contributed by atoms with Crippen LogP contribution in [0, 0.1) is 6.92 Å². The van der Waals surface area contributed by atoms with Crippen molar-refractivity contribution in [2.45, 2.75) is 40.3 Å². The van der Waals surface area contributed by atoms with Crippen LogP contribution in [-0.2, 0) is 11.3 Å². The number of aryl methyl sites for hydroxylation is 1. The number of guanidine groups is 1. The van der Waals surface area contributed by atoms with Crippen molar-refractivity contribution in [2.24, 2.45) is 4.99 Å². The third kappa shape index (κ3) is 5.94. The minimum atomic E-state index is -0.319. The normalized spacial score (nSPS) is 12.3. The summed E-state index contributed by atoms with van der Waals surface area (Å²) in [7, 11) is 0. The molecule has 0 aliphatic carbocycles. The van der Waals surface area contributed by atoms with Crippen LogP contribution in [0.15, 0.2) is 35.3 Å². The zero-order chi connectivity index (χ0) is 20.8. The van der Waals surface area contributed by atoms with E-state index < -0.39 is 0 Å². The van der Waals surface area contributed by atoms with Crippen LogP contribution in [0.5, 0.6) is 0 Å². The van der Waals surface area contributed by atoms with Gasteiger partial charge in [0.25, 0.3) is 0 Å². The molecular formula is C21H28IN5O2S. The van der Waals surface area contributed by atoms with Gasteiger partial charge in [0.15, 0.2) is 5.96 Å². The highest BCUT2D eigenvalue weighted by Crippen LogP contribution is 2.24. The zero-order valence-corrected chi connectivity index (χ0v) is 20.8. The number of nitrogens with zero attached hydrogens (tertiary/aromatic N) is 2. The fraction of sp³-hybridized carbons (Fsp3) is 0.381. The number of hydrogen-bond acceptors (Lipinski definition) is 5. The maximum atomic E-state index is 12.0. The van der Waals surface area contributed by atoms with Crippen LogP contribution in [-0.4, -0.2) is 35.0 Å². The Morgan fingerprint density at radius 2 is 2.10 bits per heavy atom. The van der Waals surface area contributed by atoms with Gasteiger partial charge >= 0.3 is 5.97 Å². The summed E-state index contributed by atoms with van der Waals surface area (Å²) in [5, 5.41) is 8.63. The minimum Gasteiger partial charge on any atom is -0.462 e. The second-order valence-corrected chi connectivity index (χ2v) is 7.66. The van der Waals surface area contributed by atoms with Crippen molar-refractivity contribution in [3.8, 4) is 0 Å². The highest BCUT2D eigenvalue weighted by atomic mass is 127. The van der Waals surface area contributed by atoms with Gasteiger partial charge < -0.3 is 20.4 Å². The number of nitrogens with one attached hydrogen (secondary N) is 3. The van der Waals surface area contributed by atoms with Crippen molar-refractivity contribution in [3.05, 3.63) is 51.6 Å². The molecule has 0 radical (unpaired) electrons. The van der Waals surface area contributed by atoms with Crippen molar-refractivity contribution < 1.29 is 9.53 Å². The van der Waals surface area contributed by atoms with E-state index in [9.17, 15) is 4.79 Å². The molecule has 0 amide bonds. The fourth-order valence-corrected chi connectivity index (χ4v) is 3.92. The highest BCUT2D eigenvalue weighted by Gasteiger charge is 2.20. The Hall–Kier alpha value is -2.14. The van der Waals surface area contributed by atoms with Gasteiger partial charge in [-0.2, -0.15) is 0 Å². The number of carbonyl (C=O) groups is 1. The largest absolute Gasteiger partial charge is 0.462 e. The van der Waals surface area contributed by atoms with Crippen LogP contribution < -0.4 is 10.6 Å². The van der Waals surface area contributed by atoms with Crippen LogP contribution in [0.1, 0.15) is 52.9 Å². The monoisotopic (exact) mass is 541 g/mol. The minimum absolute atomic E-state index is 0. The molecule has 0 spiro atoms. The number of carbonyl (C=O) groups excluding carboxylic acids is 1. The number of aromatic nitrogens is 2. The maximum Gasteiger partial charge on any atom is 0.350 e.